The summed E-state index contributed by atoms with van der Waals surface area (Å²) < 4.78 is 11.8. The Bertz CT molecular complexity index is 483. The van der Waals surface area contributed by atoms with Gasteiger partial charge in [-0.15, -0.1) is 0 Å². The Morgan fingerprint density at radius 2 is 2.19 bits per heavy atom. The number of nitrogens with one attached hydrogen (secondary N) is 1. The average molecular weight is 293 g/mol. The van der Waals surface area contributed by atoms with Gasteiger partial charge < -0.3 is 19.9 Å². The predicted molar refractivity (Wildman–Crippen MR) is 84.1 cm³/mol. The molecule has 0 spiro atoms. The quantitative estimate of drug-likeness (QED) is 0.759. The van der Waals surface area contributed by atoms with Gasteiger partial charge in [-0.25, -0.2) is 0 Å². The molecule has 0 fully saturated rings. The second-order valence-corrected chi connectivity index (χ2v) is 6.75. The van der Waals surface area contributed by atoms with Gasteiger partial charge in [0, 0.05) is 18.5 Å². The minimum atomic E-state index is -0.897. The first-order chi connectivity index (χ1) is 9.83. The molecule has 1 aliphatic rings. The number of para-hydroxylation sites is 1. The van der Waals surface area contributed by atoms with Gasteiger partial charge in [0.2, 0.25) is 0 Å². The van der Waals surface area contributed by atoms with E-state index in [1.165, 1.54) is 5.56 Å². The van der Waals surface area contributed by atoms with Crippen LogP contribution in [0.25, 0.3) is 0 Å². The first kappa shape index (κ1) is 16.1. The maximum atomic E-state index is 10.3. The van der Waals surface area contributed by atoms with Gasteiger partial charge in [0.1, 0.15) is 17.8 Å². The van der Waals surface area contributed by atoms with Gasteiger partial charge in [-0.05, 0) is 39.8 Å². The summed E-state index contributed by atoms with van der Waals surface area (Å²) in [4.78, 5) is 0. The summed E-state index contributed by atoms with van der Waals surface area (Å²) in [6.07, 6.45) is 1.93. The van der Waals surface area contributed by atoms with E-state index in [9.17, 15) is 5.11 Å². The normalized spacial score (nSPS) is 18.7. The van der Waals surface area contributed by atoms with Crippen molar-refractivity contribution in [2.24, 2.45) is 0 Å². The molecule has 0 bridgehead atoms. The zero-order valence-electron chi connectivity index (χ0n) is 13.5. The van der Waals surface area contributed by atoms with E-state index in [4.69, 9.17) is 9.47 Å². The zero-order valence-corrected chi connectivity index (χ0v) is 13.5. The van der Waals surface area contributed by atoms with Crippen molar-refractivity contribution < 1.29 is 14.6 Å². The molecule has 1 unspecified atom stereocenters. The summed E-state index contributed by atoms with van der Waals surface area (Å²) in [5.41, 5.74) is 0.0835. The molecule has 2 N–H and O–H groups in total. The number of aliphatic hydroxyl groups is 1. The van der Waals surface area contributed by atoms with E-state index >= 15 is 0 Å². The van der Waals surface area contributed by atoms with Crippen molar-refractivity contribution in [1.82, 2.24) is 5.32 Å². The molecule has 0 aliphatic carbocycles. The van der Waals surface area contributed by atoms with E-state index < -0.39 is 5.60 Å². The molecule has 1 aromatic carbocycles. The lowest BCUT2D eigenvalue weighted by molar-refractivity contribution is 0.0108. The lowest BCUT2D eigenvalue weighted by Gasteiger charge is -2.25. The molecule has 0 aromatic heterocycles. The van der Waals surface area contributed by atoms with Gasteiger partial charge in [0.05, 0.1) is 0 Å². The third-order valence-corrected chi connectivity index (χ3v) is 3.53. The topological polar surface area (TPSA) is 50.7 Å². The highest BCUT2D eigenvalue weighted by Crippen LogP contribution is 2.41. The summed E-state index contributed by atoms with van der Waals surface area (Å²) >= 11 is 0. The molecule has 0 amide bonds. The molecule has 4 nitrogen and oxygen atoms in total. The highest BCUT2D eigenvalue weighted by atomic mass is 16.5. The van der Waals surface area contributed by atoms with E-state index in [0.717, 1.165) is 25.1 Å². The molecular formula is C17H27NO3. The summed E-state index contributed by atoms with van der Waals surface area (Å²) in [5, 5.41) is 13.5. The lowest BCUT2D eigenvalue weighted by atomic mass is 10.0. The van der Waals surface area contributed by atoms with Gasteiger partial charge in [-0.1, -0.05) is 19.1 Å². The molecule has 1 aliphatic heterocycles. The molecule has 0 saturated carbocycles. The molecule has 21 heavy (non-hydrogen) atoms. The van der Waals surface area contributed by atoms with Crippen molar-refractivity contribution >= 4 is 0 Å². The first-order valence-electron chi connectivity index (χ1n) is 7.70. The number of benzene rings is 1. The fourth-order valence-electron chi connectivity index (χ4n) is 2.52. The van der Waals surface area contributed by atoms with Crippen molar-refractivity contribution in [3.8, 4) is 11.5 Å². The van der Waals surface area contributed by atoms with Crippen molar-refractivity contribution in [3.05, 3.63) is 23.8 Å². The Balaban J connectivity index is 1.97. The van der Waals surface area contributed by atoms with E-state index in [0.29, 0.717) is 12.3 Å². The smallest absolute Gasteiger partial charge is 0.165 e. The maximum absolute atomic E-state index is 10.3. The Morgan fingerprint density at radius 3 is 2.90 bits per heavy atom. The summed E-state index contributed by atoms with van der Waals surface area (Å²) in [5.74, 6) is 1.54. The van der Waals surface area contributed by atoms with Crippen LogP contribution in [0.5, 0.6) is 11.5 Å². The molecule has 1 aromatic rings. The van der Waals surface area contributed by atoms with Crippen molar-refractivity contribution in [1.29, 1.82) is 0 Å². The number of fused-ring (bicyclic) bond motifs is 1. The van der Waals surface area contributed by atoms with Crippen LogP contribution in [0.2, 0.25) is 0 Å². The number of hydrogen-bond donors (Lipinski definition) is 2. The van der Waals surface area contributed by atoms with Crippen LogP contribution in [0.4, 0.5) is 0 Å². The molecule has 0 radical (unpaired) electrons. The highest BCUT2D eigenvalue weighted by molar-refractivity contribution is 5.50. The van der Waals surface area contributed by atoms with Crippen molar-refractivity contribution in [2.75, 3.05) is 19.7 Å². The Labute approximate surface area is 127 Å². The lowest BCUT2D eigenvalue weighted by Crippen LogP contribution is -2.43. The fraction of sp³-hybridized carbons (Fsp3) is 0.647. The molecule has 1 atom stereocenters. The Hall–Kier alpha value is -1.26. The van der Waals surface area contributed by atoms with Crippen LogP contribution in [0.15, 0.2) is 18.2 Å². The molecule has 0 saturated heterocycles. The minimum Gasteiger partial charge on any atom is -0.487 e. The van der Waals surface area contributed by atoms with E-state index in [-0.39, 0.29) is 12.2 Å². The van der Waals surface area contributed by atoms with Gasteiger partial charge in [-0.2, -0.15) is 0 Å². The number of rotatable bonds is 7. The predicted octanol–water partition coefficient (Wildman–Crippen LogP) is 2.53. The molecule has 2 rings (SSSR count). The van der Waals surface area contributed by atoms with Crippen molar-refractivity contribution in [2.45, 2.75) is 51.7 Å². The monoisotopic (exact) mass is 293 g/mol. The third-order valence-electron chi connectivity index (χ3n) is 3.53. The van der Waals surface area contributed by atoms with E-state index in [2.05, 4.69) is 32.2 Å². The largest absolute Gasteiger partial charge is 0.487 e. The van der Waals surface area contributed by atoms with Crippen LogP contribution in [0, 0.1) is 0 Å². The molecule has 4 heteroatoms. The molecule has 118 valence electrons. The first-order valence-corrected chi connectivity index (χ1v) is 7.70. The maximum Gasteiger partial charge on any atom is 0.165 e. The molecular weight excluding hydrogens is 266 g/mol. The van der Waals surface area contributed by atoms with Gasteiger partial charge in [-0.3, -0.25) is 0 Å². The van der Waals surface area contributed by atoms with Crippen LogP contribution in [-0.4, -0.2) is 36.0 Å². The Kier molecular flexibility index (Phi) is 4.79. The SMILES string of the molecule is CCCNCC(C)(O)COc1cccc2c1OC(C)(C)C2. The summed E-state index contributed by atoms with van der Waals surface area (Å²) in [7, 11) is 0. The van der Waals surface area contributed by atoms with Crippen LogP contribution in [0.3, 0.4) is 0 Å². The van der Waals surface area contributed by atoms with E-state index in [1.807, 2.05) is 12.1 Å². The van der Waals surface area contributed by atoms with Crippen LogP contribution < -0.4 is 14.8 Å². The number of ether oxygens (including phenoxy) is 2. The number of hydrogen-bond acceptors (Lipinski definition) is 4. The minimum absolute atomic E-state index is 0.188. The third kappa shape index (κ3) is 4.35. The average Bonchev–Trinajstić information content (AvgIpc) is 2.71. The van der Waals surface area contributed by atoms with E-state index in [1.54, 1.807) is 6.92 Å². The van der Waals surface area contributed by atoms with Gasteiger partial charge >= 0.3 is 0 Å². The standard InChI is InChI=1S/C17H27NO3/c1-5-9-18-11-17(4,19)12-20-14-8-6-7-13-10-16(2,3)21-15(13)14/h6-8,18-19H,5,9-12H2,1-4H3. The highest BCUT2D eigenvalue weighted by Gasteiger charge is 2.32. The van der Waals surface area contributed by atoms with Crippen LogP contribution >= 0.6 is 0 Å². The van der Waals surface area contributed by atoms with Gasteiger partial charge in [0.25, 0.3) is 0 Å². The van der Waals surface area contributed by atoms with Crippen LogP contribution in [0.1, 0.15) is 39.7 Å². The zero-order chi connectivity index (χ0) is 15.5. The van der Waals surface area contributed by atoms with Gasteiger partial charge in [0.15, 0.2) is 11.5 Å². The van der Waals surface area contributed by atoms with Crippen molar-refractivity contribution in [3.63, 3.8) is 0 Å². The Morgan fingerprint density at radius 1 is 1.43 bits per heavy atom. The fourth-order valence-corrected chi connectivity index (χ4v) is 2.52. The summed E-state index contributed by atoms with van der Waals surface area (Å²) in [6, 6.07) is 5.94. The van der Waals surface area contributed by atoms with Crippen LogP contribution in [-0.2, 0) is 6.42 Å². The second kappa shape index (κ2) is 6.24. The summed E-state index contributed by atoms with van der Waals surface area (Å²) in [6.45, 7) is 9.68. The molecule has 1 heterocycles. The second-order valence-electron chi connectivity index (χ2n) is 6.75.